The first-order chi connectivity index (χ1) is 12.2. The number of rotatable bonds is 4. The van der Waals surface area contributed by atoms with E-state index in [-0.39, 0.29) is 11.4 Å². The molecule has 0 saturated heterocycles. The highest BCUT2D eigenvalue weighted by Crippen LogP contribution is 2.26. The summed E-state index contributed by atoms with van der Waals surface area (Å²) in [6.07, 6.45) is 0. The van der Waals surface area contributed by atoms with E-state index in [0.717, 1.165) is 5.69 Å². The molecule has 3 nitrogen and oxygen atoms in total. The summed E-state index contributed by atoms with van der Waals surface area (Å²) in [4.78, 5) is 17.6. The van der Waals surface area contributed by atoms with Gasteiger partial charge in [0, 0.05) is 5.75 Å². The Morgan fingerprint density at radius 2 is 1.80 bits per heavy atom. The van der Waals surface area contributed by atoms with Gasteiger partial charge in [-0.1, -0.05) is 48.2 Å². The Bertz CT molecular complexity index is 1090. The lowest BCUT2D eigenvalue weighted by Gasteiger charge is -2.12. The fourth-order valence-corrected chi connectivity index (χ4v) is 4.31. The van der Waals surface area contributed by atoms with Crippen molar-refractivity contribution in [2.75, 3.05) is 0 Å². The van der Waals surface area contributed by atoms with E-state index in [1.165, 1.54) is 29.2 Å². The molecule has 0 amide bonds. The summed E-state index contributed by atoms with van der Waals surface area (Å²) in [6, 6.07) is 17.9. The van der Waals surface area contributed by atoms with Gasteiger partial charge in [-0.2, -0.15) is 0 Å². The Kier molecular flexibility index (Phi) is 4.38. The highest BCUT2D eigenvalue weighted by Gasteiger charge is 2.14. The lowest BCUT2D eigenvalue weighted by atomic mass is 10.2. The zero-order chi connectivity index (χ0) is 17.2. The Labute approximate surface area is 151 Å². The zero-order valence-corrected chi connectivity index (χ0v) is 14.7. The average Bonchev–Trinajstić information content (AvgIpc) is 3.11. The molecule has 0 aliphatic rings. The minimum atomic E-state index is -0.250. The Hall–Kier alpha value is -2.44. The quantitative estimate of drug-likeness (QED) is 0.380. The van der Waals surface area contributed by atoms with E-state index in [0.29, 0.717) is 26.7 Å². The van der Waals surface area contributed by atoms with Gasteiger partial charge in [-0.3, -0.25) is 9.36 Å². The summed E-state index contributed by atoms with van der Waals surface area (Å²) < 4.78 is 16.1. The highest BCUT2D eigenvalue weighted by atomic mass is 32.2. The van der Waals surface area contributed by atoms with Crippen molar-refractivity contribution in [2.24, 2.45) is 0 Å². The third kappa shape index (κ3) is 3.10. The van der Waals surface area contributed by atoms with Crippen molar-refractivity contribution in [1.29, 1.82) is 0 Å². The van der Waals surface area contributed by atoms with Crippen LogP contribution in [0.2, 0.25) is 0 Å². The minimum absolute atomic E-state index is 0.0952. The second-order valence-corrected chi connectivity index (χ2v) is 7.24. The molecule has 0 N–H and O–H groups in total. The largest absolute Gasteiger partial charge is 0.276 e. The van der Waals surface area contributed by atoms with Gasteiger partial charge in [-0.25, -0.2) is 9.37 Å². The van der Waals surface area contributed by atoms with Gasteiger partial charge in [0.05, 0.1) is 11.2 Å². The number of benzene rings is 2. The number of aromatic nitrogens is 2. The van der Waals surface area contributed by atoms with Gasteiger partial charge in [0.25, 0.3) is 5.56 Å². The Morgan fingerprint density at radius 3 is 2.60 bits per heavy atom. The van der Waals surface area contributed by atoms with Gasteiger partial charge in [0.2, 0.25) is 0 Å². The summed E-state index contributed by atoms with van der Waals surface area (Å²) >= 11 is 2.74. The molecule has 0 atom stereocenters. The third-order valence-electron chi connectivity index (χ3n) is 3.78. The Morgan fingerprint density at radius 1 is 1.04 bits per heavy atom. The van der Waals surface area contributed by atoms with Crippen LogP contribution in [0.3, 0.4) is 0 Å². The number of hydrogen-bond donors (Lipinski definition) is 0. The van der Waals surface area contributed by atoms with Gasteiger partial charge >= 0.3 is 0 Å². The summed E-state index contributed by atoms with van der Waals surface area (Å²) in [6.45, 7) is 0. The average molecular weight is 368 g/mol. The molecule has 0 saturated carbocycles. The number of nitrogens with zero attached hydrogens (tertiary/aromatic N) is 2. The van der Waals surface area contributed by atoms with E-state index in [9.17, 15) is 9.18 Å². The van der Waals surface area contributed by atoms with Crippen molar-refractivity contribution in [3.05, 3.63) is 87.8 Å². The van der Waals surface area contributed by atoms with Crippen molar-refractivity contribution >= 4 is 33.3 Å². The SMILES string of the molecule is O=c1c2sccc2nc(SCc2ccccc2F)n1-c1ccccc1. The van der Waals surface area contributed by atoms with Crippen LogP contribution in [0, 0.1) is 5.82 Å². The van der Waals surface area contributed by atoms with Crippen LogP contribution in [0.15, 0.2) is 76.0 Å². The van der Waals surface area contributed by atoms with Crippen LogP contribution in [-0.2, 0) is 5.75 Å². The summed E-state index contributed by atoms with van der Waals surface area (Å²) in [7, 11) is 0. The first-order valence-corrected chi connectivity index (χ1v) is 9.52. The molecule has 0 unspecified atom stereocenters. The van der Waals surface area contributed by atoms with Gasteiger partial charge in [-0.05, 0) is 35.2 Å². The van der Waals surface area contributed by atoms with Gasteiger partial charge in [-0.15, -0.1) is 11.3 Å². The molecule has 0 fully saturated rings. The third-order valence-corrected chi connectivity index (χ3v) is 5.66. The lowest BCUT2D eigenvalue weighted by molar-refractivity contribution is 0.617. The predicted octanol–water partition coefficient (Wildman–Crippen LogP) is 4.88. The Balaban J connectivity index is 1.82. The molecule has 0 radical (unpaired) electrons. The van der Waals surface area contributed by atoms with Gasteiger partial charge in [0.15, 0.2) is 5.16 Å². The van der Waals surface area contributed by atoms with Crippen LogP contribution in [0.4, 0.5) is 4.39 Å². The van der Waals surface area contributed by atoms with Crippen molar-refractivity contribution in [2.45, 2.75) is 10.9 Å². The maximum atomic E-state index is 13.9. The van der Waals surface area contributed by atoms with Gasteiger partial charge < -0.3 is 0 Å². The van der Waals surface area contributed by atoms with Crippen LogP contribution >= 0.6 is 23.1 Å². The van der Waals surface area contributed by atoms with Crippen LogP contribution in [0.5, 0.6) is 0 Å². The predicted molar refractivity (Wildman–Crippen MR) is 101 cm³/mol. The van der Waals surface area contributed by atoms with E-state index >= 15 is 0 Å². The summed E-state index contributed by atoms with van der Waals surface area (Å²) in [5.41, 5.74) is 1.93. The monoisotopic (exact) mass is 368 g/mol. The number of para-hydroxylation sites is 1. The molecule has 6 heteroatoms. The van der Waals surface area contributed by atoms with E-state index in [1.807, 2.05) is 41.8 Å². The van der Waals surface area contributed by atoms with E-state index in [2.05, 4.69) is 4.98 Å². The second kappa shape index (κ2) is 6.82. The number of hydrogen-bond acceptors (Lipinski definition) is 4. The molecular formula is C19H13FN2OS2. The molecule has 0 aliphatic carbocycles. The van der Waals surface area contributed by atoms with Crippen molar-refractivity contribution in [3.8, 4) is 5.69 Å². The molecule has 0 aliphatic heterocycles. The summed E-state index contributed by atoms with van der Waals surface area (Å²) in [5.74, 6) is 0.155. The number of thiophene rings is 1. The molecule has 2 aromatic heterocycles. The van der Waals surface area contributed by atoms with Crippen LogP contribution < -0.4 is 5.56 Å². The normalized spacial score (nSPS) is 11.1. The van der Waals surface area contributed by atoms with Crippen molar-refractivity contribution in [1.82, 2.24) is 9.55 Å². The molecule has 4 aromatic rings. The minimum Gasteiger partial charge on any atom is -0.267 e. The first kappa shape index (κ1) is 16.1. The standard InChI is InChI=1S/C19H13FN2OS2/c20-15-9-5-4-6-13(15)12-25-19-21-16-10-11-24-17(16)18(23)22(19)14-7-2-1-3-8-14/h1-11H,12H2. The molecule has 124 valence electrons. The number of fused-ring (bicyclic) bond motifs is 1. The zero-order valence-electron chi connectivity index (χ0n) is 13.1. The van der Waals surface area contributed by atoms with E-state index in [4.69, 9.17) is 0 Å². The second-order valence-electron chi connectivity index (χ2n) is 5.39. The molecule has 0 bridgehead atoms. The fraction of sp³-hybridized carbons (Fsp3) is 0.0526. The molecule has 2 heterocycles. The van der Waals surface area contributed by atoms with E-state index in [1.54, 1.807) is 22.8 Å². The molecular weight excluding hydrogens is 355 g/mol. The van der Waals surface area contributed by atoms with Crippen LogP contribution in [0.1, 0.15) is 5.56 Å². The molecule has 4 rings (SSSR count). The first-order valence-electron chi connectivity index (χ1n) is 7.66. The molecule has 2 aromatic carbocycles. The lowest BCUT2D eigenvalue weighted by Crippen LogP contribution is -2.20. The van der Waals surface area contributed by atoms with Crippen molar-refractivity contribution in [3.63, 3.8) is 0 Å². The van der Waals surface area contributed by atoms with E-state index < -0.39 is 0 Å². The number of halogens is 1. The maximum Gasteiger partial charge on any atom is 0.276 e. The van der Waals surface area contributed by atoms with Crippen molar-refractivity contribution < 1.29 is 4.39 Å². The molecule has 25 heavy (non-hydrogen) atoms. The topological polar surface area (TPSA) is 34.9 Å². The summed E-state index contributed by atoms with van der Waals surface area (Å²) in [5, 5.41) is 2.42. The maximum absolute atomic E-state index is 13.9. The molecule has 0 spiro atoms. The number of thioether (sulfide) groups is 1. The van der Waals surface area contributed by atoms with Gasteiger partial charge in [0.1, 0.15) is 10.5 Å². The fourth-order valence-electron chi connectivity index (χ4n) is 2.55. The highest BCUT2D eigenvalue weighted by molar-refractivity contribution is 7.98. The smallest absolute Gasteiger partial charge is 0.267 e. The van der Waals surface area contributed by atoms with Crippen LogP contribution in [0.25, 0.3) is 15.9 Å². The van der Waals surface area contributed by atoms with Crippen LogP contribution in [-0.4, -0.2) is 9.55 Å².